The summed E-state index contributed by atoms with van der Waals surface area (Å²) in [5, 5.41) is 9.30. The lowest BCUT2D eigenvalue weighted by Crippen LogP contribution is -2.44. The molecular weight excluding hydrogens is 270 g/mol. The summed E-state index contributed by atoms with van der Waals surface area (Å²) in [5.74, 6) is -1.05. The van der Waals surface area contributed by atoms with Crippen LogP contribution >= 0.6 is 0 Å². The summed E-state index contributed by atoms with van der Waals surface area (Å²) < 4.78 is 5.00. The minimum absolute atomic E-state index is 0.186. The minimum Gasteiger partial charge on any atom is -0.447 e. The number of aliphatic hydroxyl groups is 1. The molecule has 1 saturated heterocycles. The lowest BCUT2D eigenvalue weighted by molar-refractivity contribution is -0.134. The van der Waals surface area contributed by atoms with E-state index < -0.39 is 17.9 Å². The SMILES string of the molecule is C=CC[C@H](CO)C(=O)N1C(=O)OC[C@@H]1Cc1ccccc1. The molecule has 2 rings (SSSR count). The van der Waals surface area contributed by atoms with Gasteiger partial charge in [-0.15, -0.1) is 6.58 Å². The van der Waals surface area contributed by atoms with Crippen molar-refractivity contribution in [1.29, 1.82) is 0 Å². The predicted molar refractivity (Wildman–Crippen MR) is 77.5 cm³/mol. The number of amides is 2. The van der Waals surface area contributed by atoms with E-state index in [4.69, 9.17) is 4.74 Å². The normalized spacial score (nSPS) is 19.2. The van der Waals surface area contributed by atoms with Gasteiger partial charge in [-0.3, -0.25) is 4.79 Å². The van der Waals surface area contributed by atoms with Gasteiger partial charge in [-0.05, 0) is 18.4 Å². The molecule has 5 nitrogen and oxygen atoms in total. The Hall–Kier alpha value is -2.14. The first-order valence-corrected chi connectivity index (χ1v) is 6.93. The monoisotopic (exact) mass is 289 g/mol. The number of ether oxygens (including phenoxy) is 1. The van der Waals surface area contributed by atoms with Crippen molar-refractivity contribution in [3.8, 4) is 0 Å². The van der Waals surface area contributed by atoms with Crippen LogP contribution in [0, 0.1) is 5.92 Å². The molecule has 0 spiro atoms. The molecule has 1 aliphatic rings. The van der Waals surface area contributed by atoms with Crippen LogP contribution in [-0.2, 0) is 16.0 Å². The lowest BCUT2D eigenvalue weighted by Gasteiger charge is -2.23. The molecule has 1 aliphatic heterocycles. The van der Waals surface area contributed by atoms with E-state index in [2.05, 4.69) is 6.58 Å². The second-order valence-corrected chi connectivity index (χ2v) is 5.03. The quantitative estimate of drug-likeness (QED) is 0.810. The zero-order valence-corrected chi connectivity index (χ0v) is 11.8. The van der Waals surface area contributed by atoms with E-state index in [0.29, 0.717) is 12.8 Å². The highest BCUT2D eigenvalue weighted by molar-refractivity contribution is 5.95. The molecule has 5 heteroatoms. The van der Waals surface area contributed by atoms with E-state index in [-0.39, 0.29) is 19.3 Å². The number of allylic oxidation sites excluding steroid dienone is 1. The molecule has 1 fully saturated rings. The van der Waals surface area contributed by atoms with Gasteiger partial charge in [-0.1, -0.05) is 36.4 Å². The molecule has 1 heterocycles. The van der Waals surface area contributed by atoms with Crippen LogP contribution in [0.1, 0.15) is 12.0 Å². The van der Waals surface area contributed by atoms with E-state index in [0.717, 1.165) is 10.5 Å². The Labute approximate surface area is 123 Å². The summed E-state index contributed by atoms with van der Waals surface area (Å²) in [6.07, 6.45) is 1.80. The van der Waals surface area contributed by atoms with Gasteiger partial charge in [0.15, 0.2) is 0 Å². The average Bonchev–Trinajstić information content (AvgIpc) is 2.86. The molecule has 0 radical (unpaired) electrons. The van der Waals surface area contributed by atoms with Crippen LogP contribution < -0.4 is 0 Å². The molecule has 1 aromatic carbocycles. The Kier molecular flexibility index (Phi) is 5.11. The first-order valence-electron chi connectivity index (χ1n) is 6.93. The third kappa shape index (κ3) is 3.49. The zero-order valence-electron chi connectivity index (χ0n) is 11.8. The summed E-state index contributed by atoms with van der Waals surface area (Å²) in [6, 6.07) is 9.29. The van der Waals surface area contributed by atoms with Crippen LogP contribution in [0.3, 0.4) is 0 Å². The molecule has 112 valence electrons. The minimum atomic E-state index is -0.647. The molecule has 2 atom stereocenters. The first kappa shape index (κ1) is 15.3. The Morgan fingerprint density at radius 2 is 2.19 bits per heavy atom. The number of imide groups is 1. The van der Waals surface area contributed by atoms with E-state index in [1.807, 2.05) is 30.3 Å². The highest BCUT2D eigenvalue weighted by Gasteiger charge is 2.40. The molecule has 2 amide bonds. The van der Waals surface area contributed by atoms with Crippen molar-refractivity contribution in [3.63, 3.8) is 0 Å². The third-order valence-corrected chi connectivity index (χ3v) is 3.53. The Morgan fingerprint density at radius 3 is 2.81 bits per heavy atom. The number of cyclic esters (lactones) is 1. The smallest absolute Gasteiger partial charge is 0.416 e. The average molecular weight is 289 g/mol. The van der Waals surface area contributed by atoms with Crippen molar-refractivity contribution in [2.24, 2.45) is 5.92 Å². The van der Waals surface area contributed by atoms with Crippen LogP contribution in [0.5, 0.6) is 0 Å². The number of rotatable bonds is 6. The van der Waals surface area contributed by atoms with Gasteiger partial charge in [0.2, 0.25) is 5.91 Å². The predicted octanol–water partition coefficient (Wildman–Crippen LogP) is 1.76. The second-order valence-electron chi connectivity index (χ2n) is 5.03. The molecule has 0 bridgehead atoms. The van der Waals surface area contributed by atoms with E-state index in [9.17, 15) is 14.7 Å². The van der Waals surface area contributed by atoms with Gasteiger partial charge in [0.05, 0.1) is 18.6 Å². The van der Waals surface area contributed by atoms with E-state index >= 15 is 0 Å². The number of benzene rings is 1. The van der Waals surface area contributed by atoms with Crippen molar-refractivity contribution < 1.29 is 19.4 Å². The highest BCUT2D eigenvalue weighted by Crippen LogP contribution is 2.21. The fourth-order valence-corrected chi connectivity index (χ4v) is 2.42. The maximum atomic E-state index is 12.4. The number of hydrogen-bond acceptors (Lipinski definition) is 4. The lowest BCUT2D eigenvalue weighted by atomic mass is 10.0. The van der Waals surface area contributed by atoms with Gasteiger partial charge in [0.1, 0.15) is 6.61 Å². The molecular formula is C16H19NO4. The molecule has 1 aromatic rings. The van der Waals surface area contributed by atoms with Crippen molar-refractivity contribution in [2.45, 2.75) is 18.9 Å². The molecule has 0 aliphatic carbocycles. The third-order valence-electron chi connectivity index (χ3n) is 3.53. The van der Waals surface area contributed by atoms with Crippen LogP contribution in [0.25, 0.3) is 0 Å². The molecule has 0 aromatic heterocycles. The van der Waals surface area contributed by atoms with Crippen LogP contribution in [0.15, 0.2) is 43.0 Å². The molecule has 21 heavy (non-hydrogen) atoms. The van der Waals surface area contributed by atoms with Gasteiger partial charge in [-0.25, -0.2) is 9.69 Å². The van der Waals surface area contributed by atoms with Crippen molar-refractivity contribution in [1.82, 2.24) is 4.90 Å². The van der Waals surface area contributed by atoms with Crippen LogP contribution in [0.4, 0.5) is 4.79 Å². The highest BCUT2D eigenvalue weighted by atomic mass is 16.6. The summed E-state index contributed by atoms with van der Waals surface area (Å²) in [5.41, 5.74) is 1.03. The first-order chi connectivity index (χ1) is 10.2. The van der Waals surface area contributed by atoms with Gasteiger partial charge in [0, 0.05) is 0 Å². The Morgan fingerprint density at radius 1 is 1.48 bits per heavy atom. The standard InChI is InChI=1S/C16H19NO4/c1-2-6-13(10-18)15(19)17-14(11-21-16(17)20)9-12-7-4-3-5-8-12/h2-5,7-8,13-14,18H,1,6,9-11H2/t13-,14+/m1/s1. The van der Waals surface area contributed by atoms with Crippen LogP contribution in [0.2, 0.25) is 0 Å². The fraction of sp³-hybridized carbons (Fsp3) is 0.375. The van der Waals surface area contributed by atoms with Crippen molar-refractivity contribution >= 4 is 12.0 Å². The molecule has 1 N–H and O–H groups in total. The van der Waals surface area contributed by atoms with Gasteiger partial charge in [-0.2, -0.15) is 0 Å². The van der Waals surface area contributed by atoms with Crippen molar-refractivity contribution in [3.05, 3.63) is 48.6 Å². The number of carbonyl (C=O) groups excluding carboxylic acids is 2. The second kappa shape index (κ2) is 7.04. The maximum absolute atomic E-state index is 12.4. The number of carbonyl (C=O) groups is 2. The maximum Gasteiger partial charge on any atom is 0.416 e. The number of nitrogens with zero attached hydrogens (tertiary/aromatic N) is 1. The Bertz CT molecular complexity index is 514. The van der Waals surface area contributed by atoms with Gasteiger partial charge >= 0.3 is 6.09 Å². The van der Waals surface area contributed by atoms with E-state index in [1.54, 1.807) is 6.08 Å². The number of aliphatic hydroxyl groups excluding tert-OH is 1. The summed E-state index contributed by atoms with van der Waals surface area (Å²) in [4.78, 5) is 25.3. The summed E-state index contributed by atoms with van der Waals surface area (Å²) in [6.45, 7) is 3.44. The molecule has 0 unspecified atom stereocenters. The summed E-state index contributed by atoms with van der Waals surface area (Å²) >= 11 is 0. The van der Waals surface area contributed by atoms with Crippen LogP contribution in [-0.4, -0.2) is 41.3 Å². The topological polar surface area (TPSA) is 66.8 Å². The van der Waals surface area contributed by atoms with Gasteiger partial charge < -0.3 is 9.84 Å². The largest absolute Gasteiger partial charge is 0.447 e. The summed E-state index contributed by atoms with van der Waals surface area (Å²) in [7, 11) is 0. The van der Waals surface area contributed by atoms with Gasteiger partial charge in [0.25, 0.3) is 0 Å². The van der Waals surface area contributed by atoms with Crippen molar-refractivity contribution in [2.75, 3.05) is 13.2 Å². The number of hydrogen-bond donors (Lipinski definition) is 1. The van der Waals surface area contributed by atoms with E-state index in [1.165, 1.54) is 0 Å². The fourth-order valence-electron chi connectivity index (χ4n) is 2.42. The Balaban J connectivity index is 2.12. The zero-order chi connectivity index (χ0) is 15.2. The molecule has 0 saturated carbocycles.